The van der Waals surface area contributed by atoms with Gasteiger partial charge in [0.15, 0.2) is 0 Å². The fraction of sp³-hybridized carbons (Fsp3) is 0.368. The van der Waals surface area contributed by atoms with Gasteiger partial charge in [-0.1, -0.05) is 24.3 Å². The number of para-hydroxylation sites is 1. The first-order valence-corrected chi connectivity index (χ1v) is 8.14. The van der Waals surface area contributed by atoms with Crippen LogP contribution in [0.4, 0.5) is 5.82 Å². The number of hydrogen-bond acceptors (Lipinski definition) is 4. The van der Waals surface area contributed by atoms with E-state index < -0.39 is 0 Å². The zero-order valence-corrected chi connectivity index (χ0v) is 14.6. The molecular weight excluding hydrogens is 302 g/mol. The number of aryl methyl sites for hydroxylation is 2. The number of amides is 1. The summed E-state index contributed by atoms with van der Waals surface area (Å²) < 4.78 is 5.76. The van der Waals surface area contributed by atoms with E-state index in [1.807, 2.05) is 62.2 Å². The van der Waals surface area contributed by atoms with E-state index in [9.17, 15) is 4.79 Å². The lowest BCUT2D eigenvalue weighted by atomic mass is 10.2. The Balaban J connectivity index is 1.65. The number of benzene rings is 1. The van der Waals surface area contributed by atoms with Crippen molar-refractivity contribution >= 4 is 11.7 Å². The van der Waals surface area contributed by atoms with Gasteiger partial charge in [0.2, 0.25) is 5.91 Å². The molecule has 0 radical (unpaired) electrons. The predicted molar refractivity (Wildman–Crippen MR) is 96.4 cm³/mol. The second kappa shape index (κ2) is 9.03. The quantitative estimate of drug-likeness (QED) is 0.757. The summed E-state index contributed by atoms with van der Waals surface area (Å²) in [6.07, 6.45) is 2.60. The first-order chi connectivity index (χ1) is 11.5. The summed E-state index contributed by atoms with van der Waals surface area (Å²) in [6.45, 7) is 5.76. The Morgan fingerprint density at radius 2 is 2.00 bits per heavy atom. The van der Waals surface area contributed by atoms with Crippen molar-refractivity contribution in [2.75, 3.05) is 32.1 Å². The molecule has 2 aromatic rings. The van der Waals surface area contributed by atoms with Crippen molar-refractivity contribution in [2.45, 2.75) is 20.3 Å². The minimum atomic E-state index is -0.0614. The number of hydrogen-bond donors (Lipinski definition) is 1. The van der Waals surface area contributed by atoms with Gasteiger partial charge in [-0.25, -0.2) is 4.98 Å². The van der Waals surface area contributed by atoms with Gasteiger partial charge in [-0.05, 0) is 50.6 Å². The van der Waals surface area contributed by atoms with Crippen LogP contribution in [0.5, 0.6) is 5.75 Å². The fourth-order valence-corrected chi connectivity index (χ4v) is 2.28. The first kappa shape index (κ1) is 17.9. The van der Waals surface area contributed by atoms with Gasteiger partial charge >= 0.3 is 0 Å². The summed E-state index contributed by atoms with van der Waals surface area (Å²) in [4.78, 5) is 18.1. The largest absolute Gasteiger partial charge is 0.493 e. The number of carbonyl (C=O) groups is 1. The predicted octanol–water partition coefficient (Wildman–Crippen LogP) is 3.04. The Kier molecular flexibility index (Phi) is 6.75. The van der Waals surface area contributed by atoms with E-state index in [0.717, 1.165) is 29.8 Å². The van der Waals surface area contributed by atoms with Crippen molar-refractivity contribution in [1.82, 2.24) is 9.88 Å². The topological polar surface area (TPSA) is 54.5 Å². The lowest BCUT2D eigenvalue weighted by Gasteiger charge is -2.16. The molecule has 1 aromatic heterocycles. The van der Waals surface area contributed by atoms with Crippen molar-refractivity contribution in [3.05, 3.63) is 53.7 Å². The van der Waals surface area contributed by atoms with Crippen molar-refractivity contribution in [3.8, 4) is 5.75 Å². The Hall–Kier alpha value is -2.40. The van der Waals surface area contributed by atoms with Crippen LogP contribution >= 0.6 is 0 Å². The summed E-state index contributed by atoms with van der Waals surface area (Å²) >= 11 is 0. The minimum absolute atomic E-state index is 0.0614. The summed E-state index contributed by atoms with van der Waals surface area (Å²) in [5, 5.41) is 2.80. The highest BCUT2D eigenvalue weighted by molar-refractivity contribution is 5.91. The third-order valence-electron chi connectivity index (χ3n) is 3.63. The Morgan fingerprint density at radius 3 is 2.71 bits per heavy atom. The molecule has 1 heterocycles. The maximum absolute atomic E-state index is 12.0. The first-order valence-electron chi connectivity index (χ1n) is 8.14. The molecule has 0 atom stereocenters. The van der Waals surface area contributed by atoms with E-state index in [4.69, 9.17) is 4.74 Å². The van der Waals surface area contributed by atoms with Crippen molar-refractivity contribution in [3.63, 3.8) is 0 Å². The standard InChI is InChI=1S/C19H25N3O2/c1-15-9-10-18(20-13-15)21-19(23)14-22(3)11-6-12-24-17-8-5-4-7-16(17)2/h4-5,7-10,13H,6,11-12,14H2,1-3H3,(H,20,21,23). The lowest BCUT2D eigenvalue weighted by molar-refractivity contribution is -0.117. The van der Waals surface area contributed by atoms with Crippen LogP contribution in [0.2, 0.25) is 0 Å². The highest BCUT2D eigenvalue weighted by atomic mass is 16.5. The third-order valence-corrected chi connectivity index (χ3v) is 3.63. The highest BCUT2D eigenvalue weighted by Crippen LogP contribution is 2.16. The third kappa shape index (κ3) is 6.01. The van der Waals surface area contributed by atoms with Crippen molar-refractivity contribution < 1.29 is 9.53 Å². The average molecular weight is 327 g/mol. The van der Waals surface area contributed by atoms with Crippen LogP contribution < -0.4 is 10.1 Å². The highest BCUT2D eigenvalue weighted by Gasteiger charge is 2.07. The van der Waals surface area contributed by atoms with E-state index in [1.54, 1.807) is 6.20 Å². The summed E-state index contributed by atoms with van der Waals surface area (Å²) in [5.41, 5.74) is 2.20. The number of nitrogens with one attached hydrogen (secondary N) is 1. The molecule has 1 N–H and O–H groups in total. The van der Waals surface area contributed by atoms with Gasteiger partial charge in [-0.3, -0.25) is 9.69 Å². The molecule has 0 spiro atoms. The molecule has 0 aliphatic rings. The Labute approximate surface area is 143 Å². The molecule has 1 aromatic carbocycles. The molecule has 0 saturated carbocycles. The van der Waals surface area contributed by atoms with Gasteiger partial charge in [-0.15, -0.1) is 0 Å². The maximum Gasteiger partial charge on any atom is 0.239 e. The Morgan fingerprint density at radius 1 is 1.21 bits per heavy atom. The van der Waals surface area contributed by atoms with Gasteiger partial charge in [0.1, 0.15) is 11.6 Å². The van der Waals surface area contributed by atoms with E-state index in [2.05, 4.69) is 10.3 Å². The molecule has 1 amide bonds. The molecular formula is C19H25N3O2. The van der Waals surface area contributed by atoms with Gasteiger partial charge in [-0.2, -0.15) is 0 Å². The van der Waals surface area contributed by atoms with Crippen molar-refractivity contribution in [2.24, 2.45) is 0 Å². The SMILES string of the molecule is Cc1ccc(NC(=O)CN(C)CCCOc2ccccc2C)nc1. The van der Waals surface area contributed by atoms with Crippen LogP contribution in [-0.2, 0) is 4.79 Å². The van der Waals surface area contributed by atoms with E-state index in [0.29, 0.717) is 19.0 Å². The van der Waals surface area contributed by atoms with Crippen molar-refractivity contribution in [1.29, 1.82) is 0 Å². The van der Waals surface area contributed by atoms with Crippen LogP contribution in [0.15, 0.2) is 42.6 Å². The van der Waals surface area contributed by atoms with Crippen LogP contribution in [-0.4, -0.2) is 42.5 Å². The zero-order chi connectivity index (χ0) is 17.4. The van der Waals surface area contributed by atoms with Crippen LogP contribution in [0.25, 0.3) is 0 Å². The molecule has 0 bridgehead atoms. The molecule has 0 aliphatic heterocycles. The number of likely N-dealkylation sites (N-methyl/N-ethyl adjacent to an activating group) is 1. The molecule has 2 rings (SSSR count). The Bertz CT molecular complexity index is 656. The number of aromatic nitrogens is 1. The molecule has 24 heavy (non-hydrogen) atoms. The number of carbonyl (C=O) groups excluding carboxylic acids is 1. The number of ether oxygens (including phenoxy) is 1. The van der Waals surface area contributed by atoms with Crippen LogP contribution in [0, 0.1) is 13.8 Å². The smallest absolute Gasteiger partial charge is 0.239 e. The number of pyridine rings is 1. The molecule has 5 heteroatoms. The summed E-state index contributed by atoms with van der Waals surface area (Å²) in [6, 6.07) is 11.7. The molecule has 5 nitrogen and oxygen atoms in total. The summed E-state index contributed by atoms with van der Waals surface area (Å²) in [7, 11) is 1.93. The fourth-order valence-electron chi connectivity index (χ4n) is 2.28. The number of anilines is 1. The second-order valence-electron chi connectivity index (χ2n) is 5.97. The number of nitrogens with zero attached hydrogens (tertiary/aromatic N) is 2. The summed E-state index contributed by atoms with van der Waals surface area (Å²) in [5.74, 6) is 1.44. The monoisotopic (exact) mass is 327 g/mol. The van der Waals surface area contributed by atoms with Crippen LogP contribution in [0.3, 0.4) is 0 Å². The van der Waals surface area contributed by atoms with Gasteiger partial charge in [0.25, 0.3) is 0 Å². The second-order valence-corrected chi connectivity index (χ2v) is 5.97. The van der Waals surface area contributed by atoms with Gasteiger partial charge in [0.05, 0.1) is 13.2 Å². The van der Waals surface area contributed by atoms with Crippen LogP contribution in [0.1, 0.15) is 17.5 Å². The number of rotatable bonds is 8. The average Bonchev–Trinajstić information content (AvgIpc) is 2.55. The normalized spacial score (nSPS) is 10.7. The molecule has 0 aliphatic carbocycles. The zero-order valence-electron chi connectivity index (χ0n) is 14.6. The molecule has 0 fully saturated rings. The van der Waals surface area contributed by atoms with Gasteiger partial charge in [0, 0.05) is 12.7 Å². The van der Waals surface area contributed by atoms with E-state index in [-0.39, 0.29) is 5.91 Å². The maximum atomic E-state index is 12.0. The van der Waals surface area contributed by atoms with Gasteiger partial charge < -0.3 is 10.1 Å². The van der Waals surface area contributed by atoms with E-state index >= 15 is 0 Å². The molecule has 128 valence electrons. The molecule has 0 unspecified atom stereocenters. The lowest BCUT2D eigenvalue weighted by Crippen LogP contribution is -2.31. The molecule has 0 saturated heterocycles. The minimum Gasteiger partial charge on any atom is -0.493 e. The van der Waals surface area contributed by atoms with E-state index in [1.165, 1.54) is 0 Å².